The fraction of sp³-hybridized carbons (Fsp3) is 0.286. The van der Waals surface area contributed by atoms with Gasteiger partial charge in [0.05, 0.1) is 14.2 Å². The summed E-state index contributed by atoms with van der Waals surface area (Å²) in [5.74, 6) is 0.0154. The third-order valence-corrected chi connectivity index (χ3v) is 5.73. The second-order valence-corrected chi connectivity index (χ2v) is 8.13. The van der Waals surface area contributed by atoms with Crippen molar-refractivity contribution in [3.05, 3.63) is 102 Å². The van der Waals surface area contributed by atoms with E-state index in [9.17, 15) is 9.59 Å². The molecular formula is C28H31NO4. The molecule has 5 heteroatoms. The Morgan fingerprint density at radius 2 is 1.30 bits per heavy atom. The van der Waals surface area contributed by atoms with E-state index in [-0.39, 0.29) is 24.1 Å². The van der Waals surface area contributed by atoms with Crippen LogP contribution in [0, 0.1) is 0 Å². The Hall–Kier alpha value is -3.44. The summed E-state index contributed by atoms with van der Waals surface area (Å²) in [6.07, 6.45) is 0.228. The van der Waals surface area contributed by atoms with Gasteiger partial charge in [0.15, 0.2) is 0 Å². The van der Waals surface area contributed by atoms with Crippen LogP contribution in [-0.4, -0.2) is 36.9 Å². The van der Waals surface area contributed by atoms with Crippen LogP contribution < -0.4 is 4.74 Å². The summed E-state index contributed by atoms with van der Waals surface area (Å²) in [6.45, 7) is 2.64. The zero-order valence-corrected chi connectivity index (χ0v) is 19.4. The third-order valence-electron chi connectivity index (χ3n) is 5.73. The number of benzene rings is 3. The molecule has 3 aromatic carbocycles. The Labute approximate surface area is 196 Å². The zero-order valence-electron chi connectivity index (χ0n) is 19.4. The summed E-state index contributed by atoms with van der Waals surface area (Å²) >= 11 is 0. The molecule has 0 aliphatic carbocycles. The van der Waals surface area contributed by atoms with Gasteiger partial charge in [-0.15, -0.1) is 0 Å². The lowest BCUT2D eigenvalue weighted by Crippen LogP contribution is -2.45. The molecule has 1 unspecified atom stereocenters. The third kappa shape index (κ3) is 6.77. The number of esters is 1. The predicted octanol–water partition coefficient (Wildman–Crippen LogP) is 5.00. The monoisotopic (exact) mass is 445 g/mol. The van der Waals surface area contributed by atoms with Crippen molar-refractivity contribution in [1.82, 2.24) is 4.90 Å². The van der Waals surface area contributed by atoms with Gasteiger partial charge in [0.25, 0.3) is 0 Å². The average Bonchev–Trinajstić information content (AvgIpc) is 2.84. The molecule has 0 aliphatic heterocycles. The fourth-order valence-corrected chi connectivity index (χ4v) is 4.15. The van der Waals surface area contributed by atoms with Crippen molar-refractivity contribution in [2.24, 2.45) is 0 Å². The van der Waals surface area contributed by atoms with E-state index >= 15 is 0 Å². The predicted molar refractivity (Wildman–Crippen MR) is 129 cm³/mol. The van der Waals surface area contributed by atoms with Crippen molar-refractivity contribution >= 4 is 11.8 Å². The standard InChI is InChI=1S/C28H31NO4/c1-21(30)18-26(24-14-16-25(32-2)17-15-24)27(28(31)33-3)29(19-22-10-6-4-7-11-22)20-23-12-8-5-9-13-23/h4-17,26-27H,18-20H2,1-3H3/t26?,27-/m0/s1. The molecule has 0 saturated carbocycles. The van der Waals surface area contributed by atoms with Gasteiger partial charge in [-0.3, -0.25) is 9.69 Å². The summed E-state index contributed by atoms with van der Waals surface area (Å²) in [5.41, 5.74) is 3.06. The van der Waals surface area contributed by atoms with E-state index in [4.69, 9.17) is 9.47 Å². The van der Waals surface area contributed by atoms with Crippen LogP contribution in [0.5, 0.6) is 5.75 Å². The molecule has 0 fully saturated rings. The number of carbonyl (C=O) groups excluding carboxylic acids is 2. The molecular weight excluding hydrogens is 414 g/mol. The van der Waals surface area contributed by atoms with Crippen LogP contribution in [0.3, 0.4) is 0 Å². The first-order valence-corrected chi connectivity index (χ1v) is 11.0. The summed E-state index contributed by atoms with van der Waals surface area (Å²) in [4.78, 5) is 27.7. The van der Waals surface area contributed by atoms with Gasteiger partial charge in [-0.25, -0.2) is 0 Å². The number of hydrogen-bond donors (Lipinski definition) is 0. The molecule has 0 spiro atoms. The van der Waals surface area contributed by atoms with E-state index < -0.39 is 6.04 Å². The van der Waals surface area contributed by atoms with Gasteiger partial charge < -0.3 is 14.3 Å². The maximum atomic E-state index is 13.3. The van der Waals surface area contributed by atoms with E-state index in [2.05, 4.69) is 4.90 Å². The number of carbonyl (C=O) groups is 2. The van der Waals surface area contributed by atoms with Gasteiger partial charge >= 0.3 is 5.97 Å². The molecule has 0 saturated heterocycles. The Morgan fingerprint density at radius 3 is 1.73 bits per heavy atom. The van der Waals surface area contributed by atoms with Gasteiger partial charge in [-0.05, 0) is 35.7 Å². The first kappa shape index (κ1) is 24.2. The zero-order chi connectivity index (χ0) is 23.6. The molecule has 0 aromatic heterocycles. The first-order valence-electron chi connectivity index (χ1n) is 11.0. The normalized spacial score (nSPS) is 12.7. The van der Waals surface area contributed by atoms with E-state index in [0.717, 1.165) is 22.4 Å². The van der Waals surface area contributed by atoms with E-state index in [1.165, 1.54) is 7.11 Å². The second kappa shape index (κ2) is 12.0. The number of ether oxygens (including phenoxy) is 2. The molecule has 2 atom stereocenters. The van der Waals surface area contributed by atoms with Crippen LogP contribution in [0.1, 0.15) is 36.0 Å². The van der Waals surface area contributed by atoms with Crippen molar-refractivity contribution in [2.45, 2.75) is 38.4 Å². The Balaban J connectivity index is 2.06. The highest BCUT2D eigenvalue weighted by Gasteiger charge is 2.36. The highest BCUT2D eigenvalue weighted by molar-refractivity contribution is 5.81. The Bertz CT molecular complexity index is 977. The molecule has 0 aliphatic rings. The maximum absolute atomic E-state index is 13.3. The summed E-state index contributed by atoms with van der Waals surface area (Å²) in [7, 11) is 3.01. The average molecular weight is 446 g/mol. The van der Waals surface area contributed by atoms with Crippen LogP contribution in [0.25, 0.3) is 0 Å². The van der Waals surface area contributed by atoms with Crippen LogP contribution >= 0.6 is 0 Å². The van der Waals surface area contributed by atoms with Crippen LogP contribution in [-0.2, 0) is 27.4 Å². The second-order valence-electron chi connectivity index (χ2n) is 8.13. The van der Waals surface area contributed by atoms with Gasteiger partial charge in [0.1, 0.15) is 17.6 Å². The molecule has 0 amide bonds. The molecule has 0 radical (unpaired) electrons. The summed E-state index contributed by atoms with van der Waals surface area (Å²) < 4.78 is 10.6. The van der Waals surface area contributed by atoms with E-state index in [1.807, 2.05) is 84.9 Å². The minimum Gasteiger partial charge on any atom is -0.497 e. The van der Waals surface area contributed by atoms with Gasteiger partial charge in [-0.2, -0.15) is 0 Å². The number of rotatable bonds is 11. The van der Waals surface area contributed by atoms with Crippen LogP contribution in [0.4, 0.5) is 0 Å². The number of Topliss-reactive ketones (excluding diaryl/α,β-unsaturated/α-hetero) is 1. The molecule has 0 bridgehead atoms. The largest absolute Gasteiger partial charge is 0.497 e. The number of ketones is 1. The minimum absolute atomic E-state index is 0.0177. The van der Waals surface area contributed by atoms with Crippen LogP contribution in [0.15, 0.2) is 84.9 Å². The quantitative estimate of drug-likeness (QED) is 0.389. The highest BCUT2D eigenvalue weighted by Crippen LogP contribution is 2.32. The first-order chi connectivity index (χ1) is 16.0. The van der Waals surface area contributed by atoms with Crippen molar-refractivity contribution < 1.29 is 19.1 Å². The van der Waals surface area contributed by atoms with E-state index in [1.54, 1.807) is 14.0 Å². The lowest BCUT2D eigenvalue weighted by atomic mass is 9.85. The number of methoxy groups -OCH3 is 2. The Morgan fingerprint density at radius 1 is 0.788 bits per heavy atom. The number of nitrogens with zero attached hydrogens (tertiary/aromatic N) is 1. The molecule has 5 nitrogen and oxygen atoms in total. The Kier molecular flexibility index (Phi) is 8.79. The van der Waals surface area contributed by atoms with Gasteiger partial charge in [0.2, 0.25) is 0 Å². The summed E-state index contributed by atoms with van der Waals surface area (Å²) in [6, 6.07) is 27.0. The van der Waals surface area contributed by atoms with Crippen molar-refractivity contribution in [3.8, 4) is 5.75 Å². The SMILES string of the molecule is COC(=O)[C@H](C(CC(C)=O)c1ccc(OC)cc1)N(Cc1ccccc1)Cc1ccccc1. The minimum atomic E-state index is -0.646. The summed E-state index contributed by atoms with van der Waals surface area (Å²) in [5, 5.41) is 0. The smallest absolute Gasteiger partial charge is 0.323 e. The van der Waals surface area contributed by atoms with E-state index in [0.29, 0.717) is 13.1 Å². The van der Waals surface area contributed by atoms with Crippen molar-refractivity contribution in [3.63, 3.8) is 0 Å². The molecule has 0 N–H and O–H groups in total. The molecule has 3 rings (SSSR count). The molecule has 172 valence electrons. The molecule has 3 aromatic rings. The highest BCUT2D eigenvalue weighted by atomic mass is 16.5. The van der Waals surface area contributed by atoms with Gasteiger partial charge in [-0.1, -0.05) is 72.8 Å². The molecule has 0 heterocycles. The van der Waals surface area contributed by atoms with Crippen molar-refractivity contribution in [2.75, 3.05) is 14.2 Å². The van der Waals surface area contributed by atoms with Gasteiger partial charge in [0, 0.05) is 25.4 Å². The molecule has 33 heavy (non-hydrogen) atoms. The lowest BCUT2D eigenvalue weighted by Gasteiger charge is -2.35. The van der Waals surface area contributed by atoms with Crippen molar-refractivity contribution in [1.29, 1.82) is 0 Å². The topological polar surface area (TPSA) is 55.8 Å². The maximum Gasteiger partial charge on any atom is 0.323 e. The fourth-order valence-electron chi connectivity index (χ4n) is 4.15. The van der Waals surface area contributed by atoms with Crippen LogP contribution in [0.2, 0.25) is 0 Å². The lowest BCUT2D eigenvalue weighted by molar-refractivity contribution is -0.148. The number of hydrogen-bond acceptors (Lipinski definition) is 5.